The van der Waals surface area contributed by atoms with Crippen molar-refractivity contribution < 1.29 is 22.4 Å². The van der Waals surface area contributed by atoms with E-state index in [1.807, 2.05) is 6.07 Å². The minimum atomic E-state index is -2.54. The summed E-state index contributed by atoms with van der Waals surface area (Å²) in [5.41, 5.74) is 11.2. The molecule has 2 bridgehead atoms. The van der Waals surface area contributed by atoms with E-state index in [4.69, 9.17) is 24.8 Å². The maximum absolute atomic E-state index is 12.7. The molecular formula is C16H25N7O5S. The minimum Gasteiger partial charge on any atom is -0.370 e. The first kappa shape index (κ1) is 20.1. The van der Waals surface area contributed by atoms with Crippen LogP contribution in [0.5, 0.6) is 0 Å². The molecule has 1 saturated carbocycles. The van der Waals surface area contributed by atoms with Crippen LogP contribution in [0.3, 0.4) is 0 Å². The van der Waals surface area contributed by atoms with Crippen LogP contribution < -0.4 is 16.8 Å². The number of hydrogen-bond acceptors (Lipinski definition) is 7. The summed E-state index contributed by atoms with van der Waals surface area (Å²) < 4.78 is 30.5. The van der Waals surface area contributed by atoms with Gasteiger partial charge in [-0.05, 0) is 24.7 Å². The Morgan fingerprint density at radius 3 is 2.97 bits per heavy atom. The number of fused-ring (bicyclic) bond motifs is 3. The van der Waals surface area contributed by atoms with Crippen LogP contribution in [0.25, 0.3) is 0 Å². The largest absolute Gasteiger partial charge is 0.370 e. The lowest BCUT2D eigenvalue weighted by Gasteiger charge is -2.35. The van der Waals surface area contributed by atoms with Crippen LogP contribution in [0.4, 0.5) is 4.79 Å². The van der Waals surface area contributed by atoms with Crippen molar-refractivity contribution in [2.75, 3.05) is 26.2 Å². The zero-order valence-corrected chi connectivity index (χ0v) is 16.6. The zero-order valence-electron chi connectivity index (χ0n) is 15.8. The third-order valence-electron chi connectivity index (χ3n) is 5.86. The monoisotopic (exact) mass is 427 g/mol. The summed E-state index contributed by atoms with van der Waals surface area (Å²) in [5, 5.41) is 8.47. The molecule has 1 aliphatic carbocycles. The molecule has 4 rings (SSSR count). The van der Waals surface area contributed by atoms with Crippen LogP contribution in [-0.2, 0) is 22.1 Å². The molecule has 3 heterocycles. The maximum Gasteiger partial charge on any atom is 0.346 e. The quantitative estimate of drug-likeness (QED) is 0.175. The molecule has 2 aliphatic heterocycles. The number of nitrogens with one attached hydrogen (secondary N) is 1. The van der Waals surface area contributed by atoms with Crippen LogP contribution in [0.1, 0.15) is 36.8 Å². The van der Waals surface area contributed by atoms with Crippen molar-refractivity contribution in [2.45, 2.75) is 37.8 Å². The standard InChI is InChI=1S/C16H25N7O5S/c17-14(18)20-6-5-19-4-1-10-7-11(21-27-10)12-8-16(2-3-16)13-9-22(12)15(24)23(13)28-29(25)26/h7,12-13,19H,1-6,8-9H2,(H,25,26)(H4,17,18,20)/t12-,13-/m0/s1. The first-order chi connectivity index (χ1) is 13.9. The summed E-state index contributed by atoms with van der Waals surface area (Å²) >= 11 is -2.54. The number of carbonyl (C=O) groups excluding carboxylic acids is 1. The fourth-order valence-electron chi connectivity index (χ4n) is 4.25. The molecule has 0 radical (unpaired) electrons. The lowest BCUT2D eigenvalue weighted by Crippen LogP contribution is -2.42. The molecule has 1 aromatic heterocycles. The second kappa shape index (κ2) is 7.89. The Morgan fingerprint density at radius 1 is 1.48 bits per heavy atom. The van der Waals surface area contributed by atoms with E-state index in [1.165, 1.54) is 0 Å². The lowest BCUT2D eigenvalue weighted by molar-refractivity contribution is -0.0453. The van der Waals surface area contributed by atoms with Crippen LogP contribution in [-0.4, -0.2) is 68.1 Å². The van der Waals surface area contributed by atoms with Crippen molar-refractivity contribution in [2.24, 2.45) is 21.9 Å². The van der Waals surface area contributed by atoms with Gasteiger partial charge in [0.25, 0.3) is 0 Å². The third-order valence-corrected chi connectivity index (χ3v) is 6.14. The third kappa shape index (κ3) is 4.08. The summed E-state index contributed by atoms with van der Waals surface area (Å²) in [6.07, 6.45) is 3.29. The molecule has 6 N–H and O–H groups in total. The van der Waals surface area contributed by atoms with Crippen molar-refractivity contribution >= 4 is 23.4 Å². The van der Waals surface area contributed by atoms with Crippen molar-refractivity contribution in [1.29, 1.82) is 0 Å². The highest BCUT2D eigenvalue weighted by atomic mass is 32.2. The SMILES string of the molecule is NC(N)=NCCNCCc1cc([C@@H]2CC3(CC3)[C@@H]3CN2C(=O)N3OS(=O)O)no1. The predicted molar refractivity (Wildman–Crippen MR) is 102 cm³/mol. The Bertz CT molecular complexity index is 822. The highest BCUT2D eigenvalue weighted by Crippen LogP contribution is 2.61. The van der Waals surface area contributed by atoms with E-state index < -0.39 is 17.4 Å². The van der Waals surface area contributed by atoms with Gasteiger partial charge in [-0.3, -0.25) is 9.55 Å². The van der Waals surface area contributed by atoms with Gasteiger partial charge < -0.3 is 26.2 Å². The molecule has 3 fully saturated rings. The van der Waals surface area contributed by atoms with Crippen molar-refractivity contribution in [3.05, 3.63) is 17.5 Å². The summed E-state index contributed by atoms with van der Waals surface area (Å²) in [4.78, 5) is 18.3. The Kier molecular flexibility index (Phi) is 5.46. The molecule has 1 unspecified atom stereocenters. The van der Waals surface area contributed by atoms with Gasteiger partial charge in [-0.15, -0.1) is 4.28 Å². The van der Waals surface area contributed by atoms with Gasteiger partial charge in [0.1, 0.15) is 11.5 Å². The average molecular weight is 427 g/mol. The molecule has 13 heteroatoms. The number of amides is 2. The molecule has 3 atom stereocenters. The zero-order chi connectivity index (χ0) is 20.6. The summed E-state index contributed by atoms with van der Waals surface area (Å²) in [6.45, 7) is 2.28. The predicted octanol–water partition coefficient (Wildman–Crippen LogP) is -0.520. The lowest BCUT2D eigenvalue weighted by atomic mass is 9.84. The van der Waals surface area contributed by atoms with E-state index >= 15 is 0 Å². The van der Waals surface area contributed by atoms with Gasteiger partial charge in [0.2, 0.25) is 0 Å². The number of aliphatic imine (C=N–C) groups is 1. The number of aromatic nitrogens is 1. The maximum atomic E-state index is 12.7. The molecule has 0 aromatic carbocycles. The van der Waals surface area contributed by atoms with Gasteiger partial charge in [0, 0.05) is 32.1 Å². The van der Waals surface area contributed by atoms with Crippen molar-refractivity contribution in [3.8, 4) is 0 Å². The second-order valence-corrected chi connectivity index (χ2v) is 8.26. The van der Waals surface area contributed by atoms with Gasteiger partial charge in [-0.2, -0.15) is 9.27 Å². The molecule has 12 nitrogen and oxygen atoms in total. The number of nitrogens with zero attached hydrogens (tertiary/aromatic N) is 4. The Labute approximate surface area is 170 Å². The minimum absolute atomic E-state index is 0.0699. The summed E-state index contributed by atoms with van der Waals surface area (Å²) in [5.74, 6) is 0.790. The van der Waals surface area contributed by atoms with E-state index in [0.29, 0.717) is 38.3 Å². The van der Waals surface area contributed by atoms with Crippen LogP contribution >= 0.6 is 0 Å². The molecule has 1 spiro atoms. The fourth-order valence-corrected chi connectivity index (χ4v) is 4.56. The Balaban J connectivity index is 1.38. The highest BCUT2D eigenvalue weighted by Gasteiger charge is 2.64. The smallest absolute Gasteiger partial charge is 0.346 e. The molecule has 2 amide bonds. The van der Waals surface area contributed by atoms with Crippen LogP contribution in [0.2, 0.25) is 0 Å². The molecule has 1 aromatic rings. The van der Waals surface area contributed by atoms with E-state index in [1.54, 1.807) is 4.90 Å². The number of guanidine groups is 1. The number of urea groups is 1. The van der Waals surface area contributed by atoms with Crippen molar-refractivity contribution in [1.82, 2.24) is 20.4 Å². The van der Waals surface area contributed by atoms with E-state index in [2.05, 4.69) is 15.5 Å². The molecule has 2 saturated heterocycles. The van der Waals surface area contributed by atoms with Gasteiger partial charge in [0.05, 0.1) is 18.6 Å². The fraction of sp³-hybridized carbons (Fsp3) is 0.688. The number of hydroxylamine groups is 2. The number of hydrogen-bond donors (Lipinski definition) is 4. The number of rotatable bonds is 9. The van der Waals surface area contributed by atoms with Crippen LogP contribution in [0, 0.1) is 5.41 Å². The normalized spacial score (nSPS) is 25.5. The summed E-state index contributed by atoms with van der Waals surface area (Å²) in [6, 6.07) is 1.04. The van der Waals surface area contributed by atoms with Gasteiger partial charge >= 0.3 is 17.4 Å². The van der Waals surface area contributed by atoms with Crippen LogP contribution in [0.15, 0.2) is 15.6 Å². The molecule has 3 aliphatic rings. The van der Waals surface area contributed by atoms with E-state index in [9.17, 15) is 9.00 Å². The Morgan fingerprint density at radius 2 is 2.28 bits per heavy atom. The topological polar surface area (TPSA) is 173 Å². The summed E-state index contributed by atoms with van der Waals surface area (Å²) in [7, 11) is 0. The molecule has 29 heavy (non-hydrogen) atoms. The number of nitrogens with two attached hydrogens (primary N) is 2. The van der Waals surface area contributed by atoms with E-state index in [0.717, 1.165) is 30.1 Å². The van der Waals surface area contributed by atoms with E-state index in [-0.39, 0.29) is 23.5 Å². The molecular weight excluding hydrogens is 402 g/mol. The Hall–Kier alpha value is -2.22. The first-order valence-corrected chi connectivity index (χ1v) is 10.5. The van der Waals surface area contributed by atoms with Gasteiger partial charge in [-0.1, -0.05) is 5.16 Å². The highest BCUT2D eigenvalue weighted by molar-refractivity contribution is 7.74. The van der Waals surface area contributed by atoms with Gasteiger partial charge in [-0.25, -0.2) is 4.79 Å². The number of carbonyl (C=O) groups is 1. The first-order valence-electron chi connectivity index (χ1n) is 9.50. The van der Waals surface area contributed by atoms with Crippen molar-refractivity contribution in [3.63, 3.8) is 0 Å². The van der Waals surface area contributed by atoms with Gasteiger partial charge in [0.15, 0.2) is 5.96 Å². The molecule has 160 valence electrons. The second-order valence-electron chi connectivity index (χ2n) is 7.68. The average Bonchev–Trinajstić information content (AvgIpc) is 3.17. The number of piperidine rings is 1.